The smallest absolute Gasteiger partial charge is 0.165 e. The fourth-order valence-electron chi connectivity index (χ4n) is 2.16. The van der Waals surface area contributed by atoms with Crippen LogP contribution in [-0.4, -0.2) is 24.1 Å². The fourth-order valence-corrected chi connectivity index (χ4v) is 2.65. The molecule has 6 heteroatoms. The van der Waals surface area contributed by atoms with Crippen LogP contribution in [0.15, 0.2) is 39.4 Å². The van der Waals surface area contributed by atoms with Gasteiger partial charge in [0.25, 0.3) is 0 Å². The molecule has 0 aliphatic rings. The summed E-state index contributed by atoms with van der Waals surface area (Å²) in [5.41, 5.74) is 2.47. The van der Waals surface area contributed by atoms with Crippen LogP contribution in [-0.2, 0) is 11.3 Å². The van der Waals surface area contributed by atoms with E-state index in [9.17, 15) is 0 Å². The van der Waals surface area contributed by atoms with E-state index >= 15 is 0 Å². The van der Waals surface area contributed by atoms with Crippen LogP contribution >= 0.6 is 15.9 Å². The van der Waals surface area contributed by atoms with Gasteiger partial charge in [-0.05, 0) is 22.0 Å². The van der Waals surface area contributed by atoms with Gasteiger partial charge < -0.3 is 14.5 Å². The molecule has 3 rings (SSSR count). The van der Waals surface area contributed by atoms with Crippen molar-refractivity contribution < 1.29 is 9.15 Å². The number of para-hydroxylation sites is 1. The summed E-state index contributed by atoms with van der Waals surface area (Å²) in [5.74, 6) is 1.33. The van der Waals surface area contributed by atoms with Crippen molar-refractivity contribution >= 4 is 32.7 Å². The Kier molecular flexibility index (Phi) is 3.90. The van der Waals surface area contributed by atoms with Crippen LogP contribution in [0.1, 0.15) is 5.69 Å². The molecule has 2 aromatic heterocycles. The molecule has 0 atom stereocenters. The minimum absolute atomic E-state index is 0.403. The Morgan fingerprint density at radius 1 is 1.29 bits per heavy atom. The maximum atomic E-state index is 5.56. The number of anilines is 1. The standard InChI is InChI=1S/C15H14BrN3O2/c1-17-15-13(16)11(8-20-2)18-14(19-15)10-7-21-12-6-4-3-5-9(10)12/h3-7H,8H2,1-2H3,(H,17,18,19). The normalized spacial score (nSPS) is 11.0. The third-order valence-corrected chi connectivity index (χ3v) is 3.99. The van der Waals surface area contributed by atoms with Crippen LogP contribution in [0.5, 0.6) is 0 Å². The van der Waals surface area contributed by atoms with E-state index in [2.05, 4.69) is 31.2 Å². The molecule has 0 spiro atoms. The first kappa shape index (κ1) is 14.0. The molecule has 0 bridgehead atoms. The summed E-state index contributed by atoms with van der Waals surface area (Å²) >= 11 is 3.50. The van der Waals surface area contributed by atoms with E-state index in [4.69, 9.17) is 9.15 Å². The molecule has 0 aliphatic carbocycles. The number of hydrogen-bond donors (Lipinski definition) is 1. The summed E-state index contributed by atoms with van der Waals surface area (Å²) in [6.45, 7) is 0.403. The topological polar surface area (TPSA) is 60.2 Å². The van der Waals surface area contributed by atoms with Crippen molar-refractivity contribution in [1.82, 2.24) is 9.97 Å². The lowest BCUT2D eigenvalue weighted by Crippen LogP contribution is -2.04. The summed E-state index contributed by atoms with van der Waals surface area (Å²) < 4.78 is 11.6. The van der Waals surface area contributed by atoms with Gasteiger partial charge in [0.2, 0.25) is 0 Å². The lowest BCUT2D eigenvalue weighted by Gasteiger charge is -2.10. The van der Waals surface area contributed by atoms with Gasteiger partial charge in [0, 0.05) is 19.5 Å². The highest BCUT2D eigenvalue weighted by Gasteiger charge is 2.16. The second-order valence-corrected chi connectivity index (χ2v) is 5.28. The SMILES string of the molecule is CNc1nc(-c2coc3ccccc23)nc(COC)c1Br. The van der Waals surface area contributed by atoms with E-state index < -0.39 is 0 Å². The molecule has 1 aromatic carbocycles. The van der Waals surface area contributed by atoms with Crippen molar-refractivity contribution in [3.05, 3.63) is 40.7 Å². The predicted molar refractivity (Wildman–Crippen MR) is 85.2 cm³/mol. The zero-order chi connectivity index (χ0) is 14.8. The second kappa shape index (κ2) is 5.83. The first-order chi connectivity index (χ1) is 10.2. The molecule has 3 aromatic rings. The van der Waals surface area contributed by atoms with Gasteiger partial charge in [0.15, 0.2) is 5.82 Å². The van der Waals surface area contributed by atoms with E-state index in [1.54, 1.807) is 13.4 Å². The summed E-state index contributed by atoms with van der Waals surface area (Å²) in [7, 11) is 3.46. The van der Waals surface area contributed by atoms with Crippen molar-refractivity contribution in [2.75, 3.05) is 19.5 Å². The number of furan rings is 1. The predicted octanol–water partition coefficient (Wildman–Crippen LogP) is 3.84. The van der Waals surface area contributed by atoms with Crippen LogP contribution in [0.25, 0.3) is 22.4 Å². The van der Waals surface area contributed by atoms with Crippen LogP contribution in [0.4, 0.5) is 5.82 Å². The van der Waals surface area contributed by atoms with Gasteiger partial charge in [0.05, 0.1) is 22.3 Å². The van der Waals surface area contributed by atoms with Gasteiger partial charge in [-0.15, -0.1) is 0 Å². The highest BCUT2D eigenvalue weighted by Crippen LogP contribution is 2.32. The lowest BCUT2D eigenvalue weighted by atomic mass is 10.1. The molecule has 0 radical (unpaired) electrons. The minimum atomic E-state index is 0.403. The van der Waals surface area contributed by atoms with Crippen molar-refractivity contribution in [1.29, 1.82) is 0 Å². The lowest BCUT2D eigenvalue weighted by molar-refractivity contribution is 0.181. The van der Waals surface area contributed by atoms with E-state index in [0.29, 0.717) is 12.4 Å². The third-order valence-electron chi connectivity index (χ3n) is 3.16. The zero-order valence-corrected chi connectivity index (χ0v) is 13.3. The molecule has 21 heavy (non-hydrogen) atoms. The summed E-state index contributed by atoms with van der Waals surface area (Å²) in [6.07, 6.45) is 1.68. The number of ether oxygens (including phenoxy) is 1. The molecular weight excluding hydrogens is 334 g/mol. The molecule has 0 saturated heterocycles. The number of hydrogen-bond acceptors (Lipinski definition) is 5. The Hall–Kier alpha value is -1.92. The van der Waals surface area contributed by atoms with E-state index in [0.717, 1.165) is 32.5 Å². The Morgan fingerprint density at radius 2 is 2.10 bits per heavy atom. The quantitative estimate of drug-likeness (QED) is 0.776. The first-order valence-electron chi connectivity index (χ1n) is 6.44. The van der Waals surface area contributed by atoms with Gasteiger partial charge in [-0.3, -0.25) is 0 Å². The molecule has 108 valence electrons. The molecule has 0 unspecified atom stereocenters. The van der Waals surface area contributed by atoms with Crippen LogP contribution < -0.4 is 5.32 Å². The zero-order valence-electron chi connectivity index (χ0n) is 11.7. The highest BCUT2D eigenvalue weighted by molar-refractivity contribution is 9.10. The van der Waals surface area contributed by atoms with Gasteiger partial charge in [0.1, 0.15) is 17.7 Å². The molecule has 2 heterocycles. The van der Waals surface area contributed by atoms with Crippen LogP contribution in [0.3, 0.4) is 0 Å². The number of methoxy groups -OCH3 is 1. The molecule has 0 aliphatic heterocycles. The van der Waals surface area contributed by atoms with E-state index in [1.807, 2.05) is 31.3 Å². The molecule has 0 fully saturated rings. The summed E-state index contributed by atoms with van der Waals surface area (Å²) in [6, 6.07) is 7.82. The first-order valence-corrected chi connectivity index (χ1v) is 7.23. The van der Waals surface area contributed by atoms with Crippen molar-refractivity contribution in [2.24, 2.45) is 0 Å². The van der Waals surface area contributed by atoms with Crippen molar-refractivity contribution in [2.45, 2.75) is 6.61 Å². The third kappa shape index (κ3) is 2.52. The number of nitrogens with zero attached hydrogens (tertiary/aromatic N) is 2. The number of benzene rings is 1. The van der Waals surface area contributed by atoms with Crippen molar-refractivity contribution in [3.8, 4) is 11.4 Å². The minimum Gasteiger partial charge on any atom is -0.464 e. The highest BCUT2D eigenvalue weighted by atomic mass is 79.9. The van der Waals surface area contributed by atoms with Crippen LogP contribution in [0.2, 0.25) is 0 Å². The van der Waals surface area contributed by atoms with E-state index in [-0.39, 0.29) is 0 Å². The average Bonchev–Trinajstić information content (AvgIpc) is 2.93. The Balaban J connectivity index is 2.19. The monoisotopic (exact) mass is 347 g/mol. The van der Waals surface area contributed by atoms with Gasteiger partial charge >= 0.3 is 0 Å². The molecule has 0 saturated carbocycles. The van der Waals surface area contributed by atoms with Gasteiger partial charge in [-0.25, -0.2) is 9.97 Å². The summed E-state index contributed by atoms with van der Waals surface area (Å²) in [4.78, 5) is 9.12. The molecule has 1 N–H and O–H groups in total. The maximum absolute atomic E-state index is 5.56. The maximum Gasteiger partial charge on any atom is 0.165 e. The number of fused-ring (bicyclic) bond motifs is 1. The van der Waals surface area contributed by atoms with Gasteiger partial charge in [-0.2, -0.15) is 0 Å². The number of rotatable bonds is 4. The molecular formula is C15H14BrN3O2. The number of halogens is 1. The number of aromatic nitrogens is 2. The van der Waals surface area contributed by atoms with Crippen LogP contribution in [0, 0.1) is 0 Å². The number of nitrogens with one attached hydrogen (secondary N) is 1. The summed E-state index contributed by atoms with van der Waals surface area (Å²) in [5, 5.41) is 4.05. The van der Waals surface area contributed by atoms with Crippen molar-refractivity contribution in [3.63, 3.8) is 0 Å². The average molecular weight is 348 g/mol. The largest absolute Gasteiger partial charge is 0.464 e. The second-order valence-electron chi connectivity index (χ2n) is 4.49. The van der Waals surface area contributed by atoms with Gasteiger partial charge in [-0.1, -0.05) is 18.2 Å². The Labute approximate surface area is 130 Å². The van der Waals surface area contributed by atoms with E-state index in [1.165, 1.54) is 0 Å². The molecule has 0 amide bonds. The Morgan fingerprint density at radius 3 is 2.86 bits per heavy atom. The fraction of sp³-hybridized carbons (Fsp3) is 0.200. The Bertz CT molecular complexity index is 786. The molecule has 5 nitrogen and oxygen atoms in total.